The third kappa shape index (κ3) is 7.73. The van der Waals surface area contributed by atoms with Crippen LogP contribution in [0.4, 0.5) is 0 Å². The van der Waals surface area contributed by atoms with E-state index < -0.39 is 8.07 Å². The van der Waals surface area contributed by atoms with E-state index in [9.17, 15) is 0 Å². The monoisotopic (exact) mass is 879 g/mol. The van der Waals surface area contributed by atoms with Gasteiger partial charge in [-0.2, -0.15) is 11.3 Å². The molecule has 0 bridgehead atoms. The van der Waals surface area contributed by atoms with Crippen molar-refractivity contribution in [3.63, 3.8) is 0 Å². The molecule has 1 radical (unpaired) electrons. The molecule has 0 amide bonds. The van der Waals surface area contributed by atoms with Gasteiger partial charge in [0.05, 0.1) is 8.07 Å². The minimum atomic E-state index is -1.27. The summed E-state index contributed by atoms with van der Waals surface area (Å²) in [6.07, 6.45) is 9.46. The van der Waals surface area contributed by atoms with Crippen LogP contribution in [0, 0.1) is 25.0 Å². The number of rotatable bonds is 6. The van der Waals surface area contributed by atoms with Crippen molar-refractivity contribution in [3.8, 4) is 33.6 Å². The van der Waals surface area contributed by atoms with Crippen LogP contribution in [-0.4, -0.2) is 18.0 Å². The Hall–Kier alpha value is -3.73. The average molecular weight is 879 g/mol. The molecule has 0 spiro atoms. The smallest absolute Gasteiger partial charge is 0.0798 e. The van der Waals surface area contributed by atoms with Gasteiger partial charge in [0.2, 0.25) is 0 Å². The Bertz CT molecular complexity index is 2250. The molecule has 0 N–H and O–H groups in total. The summed E-state index contributed by atoms with van der Waals surface area (Å²) in [6.45, 7) is 14.1. The van der Waals surface area contributed by atoms with Crippen LogP contribution in [0.3, 0.4) is 0 Å². The van der Waals surface area contributed by atoms with E-state index in [2.05, 4.69) is 149 Å². The third-order valence-corrected chi connectivity index (χ3v) is 14.0. The van der Waals surface area contributed by atoms with Gasteiger partial charge in [-0.3, -0.25) is 0 Å². The van der Waals surface area contributed by atoms with Gasteiger partial charge >= 0.3 is 0 Å². The van der Waals surface area contributed by atoms with Gasteiger partial charge in [-0.05, 0) is 80.5 Å². The number of aromatic nitrogens is 2. The number of benzene rings is 4. The molecule has 8 rings (SSSR count). The summed E-state index contributed by atoms with van der Waals surface area (Å²) in [5.41, 5.74) is 9.73. The molecule has 1 aliphatic carbocycles. The molecule has 5 heteroatoms. The van der Waals surface area contributed by atoms with Crippen LogP contribution in [0.2, 0.25) is 19.6 Å². The Morgan fingerprint density at radius 2 is 1.49 bits per heavy atom. The van der Waals surface area contributed by atoms with E-state index >= 15 is 0 Å². The zero-order valence-corrected chi connectivity index (χ0v) is 34.7. The quantitative estimate of drug-likeness (QED) is 0.123. The molecule has 0 saturated heterocycles. The summed E-state index contributed by atoms with van der Waals surface area (Å²) in [7, 11) is -1.27. The summed E-state index contributed by atoms with van der Waals surface area (Å²) in [5, 5.41) is 4.05. The van der Waals surface area contributed by atoms with E-state index in [4.69, 9.17) is 4.98 Å². The summed E-state index contributed by atoms with van der Waals surface area (Å²) in [6, 6.07) is 43.1. The molecule has 0 unspecified atom stereocenters. The topological polar surface area (TPSA) is 25.8 Å². The number of hydrogen-bond acceptors (Lipinski definition) is 3. The van der Waals surface area contributed by atoms with Gasteiger partial charge in [-0.15, -0.1) is 59.7 Å². The molecule has 0 atom stereocenters. The van der Waals surface area contributed by atoms with Crippen molar-refractivity contribution in [2.75, 3.05) is 0 Å². The normalized spacial score (nSPS) is 13.5. The second kappa shape index (κ2) is 15.5. The van der Waals surface area contributed by atoms with Crippen molar-refractivity contribution < 1.29 is 20.1 Å². The Morgan fingerprint density at radius 1 is 0.745 bits per heavy atom. The van der Waals surface area contributed by atoms with E-state index in [0.717, 1.165) is 28.4 Å². The molecule has 2 nitrogen and oxygen atoms in total. The fourth-order valence-electron chi connectivity index (χ4n) is 7.69. The largest absolute Gasteiger partial charge is 0.305 e. The van der Waals surface area contributed by atoms with E-state index in [-0.39, 0.29) is 25.5 Å². The molecule has 4 aromatic carbocycles. The molecular formula is C46H46IrN2SSi-2. The number of fused-ring (bicyclic) bond motifs is 3. The van der Waals surface area contributed by atoms with Crippen molar-refractivity contribution in [1.29, 1.82) is 0 Å². The summed E-state index contributed by atoms with van der Waals surface area (Å²) in [4.78, 5) is 9.41. The Morgan fingerprint density at radius 3 is 2.20 bits per heavy atom. The zero-order valence-electron chi connectivity index (χ0n) is 30.5. The molecule has 3 aromatic heterocycles. The predicted molar refractivity (Wildman–Crippen MR) is 218 cm³/mol. The van der Waals surface area contributed by atoms with Crippen molar-refractivity contribution in [1.82, 2.24) is 9.97 Å². The first-order chi connectivity index (χ1) is 24.1. The molecule has 3 heterocycles. The average Bonchev–Trinajstić information content (AvgIpc) is 3.82. The molecular weight excluding hydrogens is 833 g/mol. The van der Waals surface area contributed by atoms with Crippen LogP contribution >= 0.6 is 11.3 Å². The first-order valence-corrected chi connectivity index (χ1v) is 22.3. The molecule has 1 aliphatic rings. The van der Waals surface area contributed by atoms with Crippen LogP contribution in [-0.2, 0) is 25.5 Å². The third-order valence-electron chi connectivity index (χ3n) is 10.6. The maximum Gasteiger partial charge on any atom is 0.0798 e. The van der Waals surface area contributed by atoms with Crippen molar-refractivity contribution in [3.05, 3.63) is 139 Å². The molecule has 7 aromatic rings. The maximum atomic E-state index is 4.83. The molecule has 261 valence electrons. The van der Waals surface area contributed by atoms with Gasteiger partial charge in [0.1, 0.15) is 0 Å². The van der Waals surface area contributed by atoms with Crippen LogP contribution in [0.25, 0.3) is 53.8 Å². The molecule has 0 aliphatic heterocycles. The second-order valence-electron chi connectivity index (χ2n) is 15.3. The van der Waals surface area contributed by atoms with Crippen LogP contribution in [0.15, 0.2) is 116 Å². The minimum absolute atomic E-state index is 0. The summed E-state index contributed by atoms with van der Waals surface area (Å²) in [5.74, 6) is 0.755. The van der Waals surface area contributed by atoms with Gasteiger partial charge in [0, 0.05) is 37.2 Å². The van der Waals surface area contributed by atoms with Gasteiger partial charge < -0.3 is 9.97 Å². The second-order valence-corrected chi connectivity index (χ2v) is 21.3. The number of aryl methyl sites for hydroxylation is 1. The summed E-state index contributed by atoms with van der Waals surface area (Å²) < 4.78 is 2.61. The summed E-state index contributed by atoms with van der Waals surface area (Å²) >= 11 is 1.87. The van der Waals surface area contributed by atoms with E-state index in [1.54, 1.807) is 0 Å². The molecule has 1 saturated carbocycles. The van der Waals surface area contributed by atoms with Crippen LogP contribution < -0.4 is 5.19 Å². The van der Waals surface area contributed by atoms with Gasteiger partial charge in [-0.1, -0.05) is 118 Å². The fourth-order valence-corrected chi connectivity index (χ4v) is 10.7. The Labute approximate surface area is 322 Å². The number of nitrogens with zero attached hydrogens (tertiary/aromatic N) is 2. The standard InChI is InChI=1S/C31H28NS.C15H18NSi.Ir/c1-31(2,22-12-6-7-13-22)23-18-19-32-28(20-23)27-17-9-16-26-25-15-8-14-24(29(25)33-30(26)27)21-10-4-3-5-11-21;1-12-10-14(13-8-6-5-7-9-13)16-11-15(12)17(2,3)4;/h3-5,8-11,14-16,18-20,22H,6-7,12-13H2,1-2H3;5-8,10-11H,1-4H3;/q2*-1;. The Balaban J connectivity index is 0.000000211. The predicted octanol–water partition coefficient (Wildman–Crippen LogP) is 12.5. The van der Waals surface area contributed by atoms with Gasteiger partial charge in [-0.25, -0.2) is 0 Å². The van der Waals surface area contributed by atoms with Gasteiger partial charge in [0.15, 0.2) is 0 Å². The fraction of sp³-hybridized carbons (Fsp3) is 0.261. The number of pyridine rings is 2. The van der Waals surface area contributed by atoms with E-state index in [1.807, 2.05) is 35.7 Å². The SMILES string of the molecule is CC(C)(c1ccnc(-c2[c-]ccc3c2sc2c(-c4ccccc4)cccc23)c1)C1CCCC1.Cc1cc(-c2[c-]cccc2)ncc1[Si](C)(C)C.[Ir]. The van der Waals surface area contributed by atoms with E-state index in [1.165, 1.54) is 73.3 Å². The van der Waals surface area contributed by atoms with Crippen molar-refractivity contribution in [2.24, 2.45) is 5.92 Å². The Kier molecular flexibility index (Phi) is 11.2. The zero-order chi connectivity index (χ0) is 34.9. The first kappa shape index (κ1) is 37.0. The number of hydrogen-bond donors (Lipinski definition) is 0. The molecule has 51 heavy (non-hydrogen) atoms. The maximum absolute atomic E-state index is 4.83. The van der Waals surface area contributed by atoms with E-state index in [0.29, 0.717) is 0 Å². The van der Waals surface area contributed by atoms with Crippen LogP contribution in [0.5, 0.6) is 0 Å². The molecule has 1 fully saturated rings. The number of thiophene rings is 1. The van der Waals surface area contributed by atoms with Crippen molar-refractivity contribution >= 4 is 44.8 Å². The minimum Gasteiger partial charge on any atom is -0.305 e. The van der Waals surface area contributed by atoms with Crippen molar-refractivity contribution in [2.45, 2.75) is 71.5 Å². The van der Waals surface area contributed by atoms with Crippen LogP contribution in [0.1, 0.15) is 50.7 Å². The first-order valence-electron chi connectivity index (χ1n) is 17.9. The van der Waals surface area contributed by atoms with Gasteiger partial charge in [0.25, 0.3) is 0 Å².